The molecule has 1 rings (SSSR count). The van der Waals surface area contributed by atoms with Crippen LogP contribution in [0.15, 0.2) is 24.3 Å². The zero-order chi connectivity index (χ0) is 13.5. The van der Waals surface area contributed by atoms with Gasteiger partial charge in [0.15, 0.2) is 0 Å². The summed E-state index contributed by atoms with van der Waals surface area (Å²) in [5.41, 5.74) is 1.70. The van der Waals surface area contributed by atoms with Gasteiger partial charge in [0.1, 0.15) is 0 Å². The van der Waals surface area contributed by atoms with Crippen molar-refractivity contribution in [2.75, 3.05) is 13.1 Å². The Bertz CT molecular complexity index is 428. The molecule has 0 saturated carbocycles. The van der Waals surface area contributed by atoms with Gasteiger partial charge in [-0.2, -0.15) is 0 Å². The van der Waals surface area contributed by atoms with Crippen molar-refractivity contribution in [1.29, 1.82) is 0 Å². The van der Waals surface area contributed by atoms with Crippen molar-refractivity contribution < 1.29 is 9.59 Å². The molecule has 0 aliphatic heterocycles. The van der Waals surface area contributed by atoms with E-state index in [1.165, 1.54) is 0 Å². The van der Waals surface area contributed by atoms with Crippen LogP contribution in [-0.4, -0.2) is 24.9 Å². The summed E-state index contributed by atoms with van der Waals surface area (Å²) in [4.78, 5) is 23.0. The van der Waals surface area contributed by atoms with Crippen LogP contribution >= 0.6 is 0 Å². The zero-order valence-corrected chi connectivity index (χ0v) is 11.1. The molecule has 1 aromatic carbocycles. The van der Waals surface area contributed by atoms with Crippen LogP contribution in [-0.2, 0) is 4.79 Å². The molecule has 0 heterocycles. The highest BCUT2D eigenvalue weighted by atomic mass is 16.2. The number of rotatable bonds is 5. The van der Waals surface area contributed by atoms with Crippen molar-refractivity contribution in [2.24, 2.45) is 5.92 Å². The molecule has 0 saturated heterocycles. The van der Waals surface area contributed by atoms with Crippen LogP contribution in [0.1, 0.15) is 29.8 Å². The molecule has 2 amide bonds. The second-order valence-corrected chi connectivity index (χ2v) is 4.57. The van der Waals surface area contributed by atoms with Crippen molar-refractivity contribution in [3.63, 3.8) is 0 Å². The summed E-state index contributed by atoms with van der Waals surface area (Å²) in [6, 6.07) is 7.40. The van der Waals surface area contributed by atoms with Gasteiger partial charge in [-0.05, 0) is 19.1 Å². The monoisotopic (exact) mass is 248 g/mol. The second kappa shape index (κ2) is 6.79. The molecule has 2 N–H and O–H groups in total. The molecule has 0 unspecified atom stereocenters. The topological polar surface area (TPSA) is 58.2 Å². The zero-order valence-electron chi connectivity index (χ0n) is 11.1. The smallest absolute Gasteiger partial charge is 0.251 e. The predicted molar refractivity (Wildman–Crippen MR) is 71.4 cm³/mol. The van der Waals surface area contributed by atoms with Gasteiger partial charge in [0, 0.05) is 24.6 Å². The van der Waals surface area contributed by atoms with E-state index in [4.69, 9.17) is 0 Å². The van der Waals surface area contributed by atoms with Gasteiger partial charge in [-0.3, -0.25) is 9.59 Å². The number of benzene rings is 1. The lowest BCUT2D eigenvalue weighted by atomic mass is 10.1. The third-order valence-electron chi connectivity index (χ3n) is 2.51. The van der Waals surface area contributed by atoms with E-state index in [1.807, 2.05) is 39.0 Å². The minimum absolute atomic E-state index is 0.000181. The second-order valence-electron chi connectivity index (χ2n) is 4.57. The summed E-state index contributed by atoms with van der Waals surface area (Å²) < 4.78 is 0. The van der Waals surface area contributed by atoms with Gasteiger partial charge in [-0.15, -0.1) is 0 Å². The summed E-state index contributed by atoms with van der Waals surface area (Å²) in [6.45, 7) is 6.50. The van der Waals surface area contributed by atoms with Crippen molar-refractivity contribution >= 4 is 11.8 Å². The molecule has 4 heteroatoms. The van der Waals surface area contributed by atoms with E-state index < -0.39 is 0 Å². The van der Waals surface area contributed by atoms with E-state index in [0.717, 1.165) is 5.56 Å². The van der Waals surface area contributed by atoms with Crippen LogP contribution in [0.25, 0.3) is 0 Å². The number of carbonyl (C=O) groups excluding carboxylic acids is 2. The molecule has 0 spiro atoms. The van der Waals surface area contributed by atoms with Crippen LogP contribution in [0, 0.1) is 12.8 Å². The average Bonchev–Trinajstić information content (AvgIpc) is 2.33. The Hall–Kier alpha value is -1.84. The molecule has 0 aliphatic carbocycles. The van der Waals surface area contributed by atoms with Gasteiger partial charge in [0.2, 0.25) is 5.91 Å². The number of carbonyl (C=O) groups is 2. The Kier molecular flexibility index (Phi) is 5.36. The molecule has 0 aromatic heterocycles. The number of nitrogens with one attached hydrogen (secondary N) is 2. The Balaban J connectivity index is 2.32. The van der Waals surface area contributed by atoms with Gasteiger partial charge in [-0.25, -0.2) is 0 Å². The fraction of sp³-hybridized carbons (Fsp3) is 0.429. The van der Waals surface area contributed by atoms with Crippen molar-refractivity contribution in [2.45, 2.75) is 20.8 Å². The summed E-state index contributed by atoms with van der Waals surface area (Å²) in [7, 11) is 0. The maximum absolute atomic E-state index is 11.8. The lowest BCUT2D eigenvalue weighted by molar-refractivity contribution is -0.123. The van der Waals surface area contributed by atoms with Crippen LogP contribution < -0.4 is 10.6 Å². The molecule has 0 bridgehead atoms. The third kappa shape index (κ3) is 4.57. The predicted octanol–water partition coefficient (Wildman–Crippen LogP) is 1.50. The molecular weight excluding hydrogens is 228 g/mol. The fourth-order valence-corrected chi connectivity index (χ4v) is 1.45. The van der Waals surface area contributed by atoms with Gasteiger partial charge in [0.05, 0.1) is 0 Å². The summed E-state index contributed by atoms with van der Waals surface area (Å²) >= 11 is 0. The first-order valence-electron chi connectivity index (χ1n) is 6.13. The molecule has 98 valence electrons. The normalized spacial score (nSPS) is 10.2. The lowest BCUT2D eigenvalue weighted by Crippen LogP contribution is -2.36. The SMILES string of the molecule is Cc1cccc(C(=O)NCCNC(=O)C(C)C)c1. The highest BCUT2D eigenvalue weighted by molar-refractivity contribution is 5.94. The standard InChI is InChI=1S/C14H20N2O2/c1-10(2)13(17)15-7-8-16-14(18)12-6-4-5-11(3)9-12/h4-6,9-10H,7-8H2,1-3H3,(H,15,17)(H,16,18). The maximum Gasteiger partial charge on any atom is 0.251 e. The summed E-state index contributed by atoms with van der Waals surface area (Å²) in [5, 5.41) is 5.51. The fourth-order valence-electron chi connectivity index (χ4n) is 1.45. The molecular formula is C14H20N2O2. The quantitative estimate of drug-likeness (QED) is 0.776. The molecule has 4 nitrogen and oxygen atoms in total. The molecule has 18 heavy (non-hydrogen) atoms. The lowest BCUT2D eigenvalue weighted by Gasteiger charge is -2.09. The molecule has 1 aromatic rings. The third-order valence-corrected chi connectivity index (χ3v) is 2.51. The highest BCUT2D eigenvalue weighted by Gasteiger charge is 2.07. The summed E-state index contributed by atoms with van der Waals surface area (Å²) in [6.07, 6.45) is 0. The van der Waals surface area contributed by atoms with Gasteiger partial charge >= 0.3 is 0 Å². The van der Waals surface area contributed by atoms with E-state index >= 15 is 0 Å². The van der Waals surface area contributed by atoms with E-state index in [0.29, 0.717) is 18.7 Å². The van der Waals surface area contributed by atoms with Crippen LogP contribution in [0.4, 0.5) is 0 Å². The number of hydrogen-bond acceptors (Lipinski definition) is 2. The molecule has 0 radical (unpaired) electrons. The largest absolute Gasteiger partial charge is 0.354 e. The van der Waals surface area contributed by atoms with Crippen molar-refractivity contribution in [1.82, 2.24) is 10.6 Å². The Labute approximate surface area is 108 Å². The maximum atomic E-state index is 11.8. The average molecular weight is 248 g/mol. The minimum Gasteiger partial charge on any atom is -0.354 e. The van der Waals surface area contributed by atoms with E-state index in [-0.39, 0.29) is 17.7 Å². The molecule has 0 aliphatic rings. The van der Waals surface area contributed by atoms with Gasteiger partial charge < -0.3 is 10.6 Å². The first kappa shape index (κ1) is 14.2. The Morgan fingerprint density at radius 2 is 1.83 bits per heavy atom. The number of hydrogen-bond donors (Lipinski definition) is 2. The van der Waals surface area contributed by atoms with E-state index in [9.17, 15) is 9.59 Å². The van der Waals surface area contributed by atoms with Crippen LogP contribution in [0.3, 0.4) is 0 Å². The molecule has 0 atom stereocenters. The highest BCUT2D eigenvalue weighted by Crippen LogP contribution is 2.03. The van der Waals surface area contributed by atoms with Crippen molar-refractivity contribution in [3.8, 4) is 0 Å². The van der Waals surface area contributed by atoms with Gasteiger partial charge in [0.25, 0.3) is 5.91 Å². The number of aryl methyl sites for hydroxylation is 1. The van der Waals surface area contributed by atoms with Crippen molar-refractivity contribution in [3.05, 3.63) is 35.4 Å². The van der Waals surface area contributed by atoms with E-state index in [1.54, 1.807) is 6.07 Å². The van der Waals surface area contributed by atoms with E-state index in [2.05, 4.69) is 10.6 Å². The minimum atomic E-state index is -0.113. The van der Waals surface area contributed by atoms with Crippen LogP contribution in [0.2, 0.25) is 0 Å². The summed E-state index contributed by atoms with van der Waals surface area (Å²) in [5.74, 6) is -0.144. The Morgan fingerprint density at radius 1 is 1.17 bits per heavy atom. The van der Waals surface area contributed by atoms with Crippen LogP contribution in [0.5, 0.6) is 0 Å². The first-order chi connectivity index (χ1) is 8.50. The molecule has 0 fully saturated rings. The Morgan fingerprint density at radius 3 is 2.44 bits per heavy atom. The van der Waals surface area contributed by atoms with Gasteiger partial charge in [-0.1, -0.05) is 31.5 Å². The first-order valence-corrected chi connectivity index (χ1v) is 6.13. The number of amides is 2.